The highest BCUT2D eigenvalue weighted by Crippen LogP contribution is 2.01. The summed E-state index contributed by atoms with van der Waals surface area (Å²) in [5.41, 5.74) is 0. The van der Waals surface area contributed by atoms with Crippen LogP contribution in [0.1, 0.15) is 26.7 Å². The fraction of sp³-hybridized carbons (Fsp3) is 0.600. The molecule has 0 aromatic rings. The van der Waals surface area contributed by atoms with Gasteiger partial charge in [0, 0.05) is 18.4 Å². The van der Waals surface area contributed by atoms with Crippen molar-refractivity contribution in [1.29, 1.82) is 0 Å². The lowest BCUT2D eigenvalue weighted by Crippen LogP contribution is -2.09. The summed E-state index contributed by atoms with van der Waals surface area (Å²) < 4.78 is 4.71. The number of carbonyl (C=O) groups is 2. The van der Waals surface area contributed by atoms with Crippen LogP contribution in [0.15, 0.2) is 12.7 Å². The Morgan fingerprint density at radius 1 is 1.46 bits per heavy atom. The van der Waals surface area contributed by atoms with Crippen LogP contribution in [0.25, 0.3) is 0 Å². The third kappa shape index (κ3) is 6.08. The summed E-state index contributed by atoms with van der Waals surface area (Å²) in [6.07, 6.45) is 2.18. The van der Waals surface area contributed by atoms with E-state index in [0.717, 1.165) is 6.08 Å². The third-order valence-electron chi connectivity index (χ3n) is 1.62. The Kier molecular flexibility index (Phi) is 5.85. The molecule has 0 radical (unpaired) electrons. The van der Waals surface area contributed by atoms with E-state index in [4.69, 9.17) is 4.74 Å². The Bertz CT molecular complexity index is 194. The minimum absolute atomic E-state index is 0.0649. The average molecular weight is 184 g/mol. The first-order valence-corrected chi connectivity index (χ1v) is 4.39. The van der Waals surface area contributed by atoms with Gasteiger partial charge >= 0.3 is 5.97 Å². The van der Waals surface area contributed by atoms with Gasteiger partial charge in [0.1, 0.15) is 5.78 Å². The molecule has 0 saturated heterocycles. The molecule has 0 aliphatic heterocycles. The number of Topliss-reactive ketones (excluding diaryl/α,β-unsaturated/α-hetero) is 1. The Balaban J connectivity index is 3.41. The number of carbonyl (C=O) groups excluding carboxylic acids is 2. The second-order valence-corrected chi connectivity index (χ2v) is 3.10. The number of hydrogen-bond acceptors (Lipinski definition) is 3. The zero-order chi connectivity index (χ0) is 10.3. The molecule has 0 aromatic heterocycles. The van der Waals surface area contributed by atoms with E-state index in [9.17, 15) is 9.59 Å². The summed E-state index contributed by atoms with van der Waals surface area (Å²) in [7, 11) is 0. The highest BCUT2D eigenvalue weighted by atomic mass is 16.5. The number of ether oxygens (including phenoxy) is 1. The maximum Gasteiger partial charge on any atom is 0.330 e. The maximum atomic E-state index is 11.1. The number of esters is 1. The molecular formula is C10H16O3. The molecule has 74 valence electrons. The van der Waals surface area contributed by atoms with E-state index < -0.39 is 5.97 Å². The molecule has 0 aliphatic carbocycles. The molecule has 13 heavy (non-hydrogen) atoms. The topological polar surface area (TPSA) is 43.4 Å². The van der Waals surface area contributed by atoms with E-state index in [-0.39, 0.29) is 11.7 Å². The van der Waals surface area contributed by atoms with Crippen molar-refractivity contribution in [3.8, 4) is 0 Å². The zero-order valence-electron chi connectivity index (χ0n) is 8.21. The molecule has 0 amide bonds. The summed E-state index contributed by atoms with van der Waals surface area (Å²) >= 11 is 0. The molecule has 0 bridgehead atoms. The van der Waals surface area contributed by atoms with E-state index in [1.165, 1.54) is 0 Å². The SMILES string of the molecule is C=CC(=O)OCCCC(=O)C(C)C. The van der Waals surface area contributed by atoms with Crippen LogP contribution in [-0.2, 0) is 14.3 Å². The van der Waals surface area contributed by atoms with E-state index in [0.29, 0.717) is 19.4 Å². The highest BCUT2D eigenvalue weighted by molar-refractivity contribution is 5.81. The Hall–Kier alpha value is -1.12. The van der Waals surface area contributed by atoms with Gasteiger partial charge in [0.2, 0.25) is 0 Å². The van der Waals surface area contributed by atoms with Gasteiger partial charge in [-0.3, -0.25) is 4.79 Å². The molecule has 0 saturated carbocycles. The molecule has 0 spiro atoms. The average Bonchev–Trinajstić information content (AvgIpc) is 2.11. The van der Waals surface area contributed by atoms with Crippen LogP contribution in [0.3, 0.4) is 0 Å². The number of ketones is 1. The lowest BCUT2D eigenvalue weighted by molar-refractivity contribution is -0.138. The van der Waals surface area contributed by atoms with Crippen LogP contribution in [0, 0.1) is 5.92 Å². The Morgan fingerprint density at radius 3 is 2.54 bits per heavy atom. The smallest absolute Gasteiger partial charge is 0.330 e. The molecule has 0 N–H and O–H groups in total. The first-order chi connectivity index (χ1) is 6.07. The van der Waals surface area contributed by atoms with Crippen molar-refractivity contribution in [2.75, 3.05) is 6.61 Å². The molecule has 0 unspecified atom stereocenters. The number of hydrogen-bond donors (Lipinski definition) is 0. The molecule has 0 aliphatic rings. The minimum atomic E-state index is -0.433. The lowest BCUT2D eigenvalue weighted by atomic mass is 10.1. The summed E-state index contributed by atoms with van der Waals surface area (Å²) in [5, 5.41) is 0. The van der Waals surface area contributed by atoms with E-state index in [2.05, 4.69) is 6.58 Å². The minimum Gasteiger partial charge on any atom is -0.463 e. The second-order valence-electron chi connectivity index (χ2n) is 3.10. The van der Waals surface area contributed by atoms with E-state index in [1.807, 2.05) is 13.8 Å². The standard InChI is InChI=1S/C10H16O3/c1-4-10(12)13-7-5-6-9(11)8(2)3/h4,8H,1,5-7H2,2-3H3. The molecule has 0 atom stereocenters. The quantitative estimate of drug-likeness (QED) is 0.358. The van der Waals surface area contributed by atoms with Gasteiger partial charge in [0.25, 0.3) is 0 Å². The van der Waals surface area contributed by atoms with Crippen molar-refractivity contribution in [2.24, 2.45) is 5.92 Å². The van der Waals surface area contributed by atoms with Crippen molar-refractivity contribution in [3.05, 3.63) is 12.7 Å². The number of rotatable bonds is 6. The summed E-state index contributed by atoms with van der Waals surface area (Å²) in [6.45, 7) is 7.27. The van der Waals surface area contributed by atoms with Gasteiger partial charge in [-0.2, -0.15) is 0 Å². The first kappa shape index (κ1) is 11.9. The third-order valence-corrected chi connectivity index (χ3v) is 1.62. The summed E-state index contributed by atoms with van der Waals surface area (Å²) in [5.74, 6) is -0.165. The molecular weight excluding hydrogens is 168 g/mol. The van der Waals surface area contributed by atoms with E-state index in [1.54, 1.807) is 0 Å². The maximum absolute atomic E-state index is 11.1. The molecule has 0 aromatic carbocycles. The van der Waals surface area contributed by atoms with Gasteiger partial charge in [-0.05, 0) is 6.42 Å². The Morgan fingerprint density at radius 2 is 2.08 bits per heavy atom. The van der Waals surface area contributed by atoms with Crippen LogP contribution in [0.4, 0.5) is 0 Å². The van der Waals surface area contributed by atoms with Crippen molar-refractivity contribution >= 4 is 11.8 Å². The normalized spacial score (nSPS) is 9.77. The highest BCUT2D eigenvalue weighted by Gasteiger charge is 2.06. The van der Waals surface area contributed by atoms with Crippen molar-refractivity contribution in [3.63, 3.8) is 0 Å². The molecule has 0 rings (SSSR count). The van der Waals surface area contributed by atoms with Gasteiger partial charge in [-0.15, -0.1) is 0 Å². The fourth-order valence-corrected chi connectivity index (χ4v) is 0.767. The molecule has 0 fully saturated rings. The van der Waals surface area contributed by atoms with Gasteiger partial charge < -0.3 is 4.74 Å². The monoisotopic (exact) mass is 184 g/mol. The second kappa shape index (κ2) is 6.40. The summed E-state index contributed by atoms with van der Waals surface area (Å²) in [6, 6.07) is 0. The van der Waals surface area contributed by atoms with Gasteiger partial charge in [-0.25, -0.2) is 4.79 Å². The van der Waals surface area contributed by atoms with Crippen LogP contribution in [0.5, 0.6) is 0 Å². The predicted octanol–water partition coefficient (Wildman–Crippen LogP) is 1.72. The van der Waals surface area contributed by atoms with Crippen molar-refractivity contribution in [1.82, 2.24) is 0 Å². The predicted molar refractivity (Wildman–Crippen MR) is 50.2 cm³/mol. The van der Waals surface area contributed by atoms with Crippen molar-refractivity contribution in [2.45, 2.75) is 26.7 Å². The lowest BCUT2D eigenvalue weighted by Gasteiger charge is -2.03. The molecule has 3 heteroatoms. The van der Waals surface area contributed by atoms with Crippen LogP contribution >= 0.6 is 0 Å². The van der Waals surface area contributed by atoms with Gasteiger partial charge in [0.05, 0.1) is 6.61 Å². The van der Waals surface area contributed by atoms with Gasteiger partial charge in [-0.1, -0.05) is 20.4 Å². The van der Waals surface area contributed by atoms with Crippen LogP contribution in [-0.4, -0.2) is 18.4 Å². The molecule has 3 nitrogen and oxygen atoms in total. The molecule has 0 heterocycles. The van der Waals surface area contributed by atoms with E-state index >= 15 is 0 Å². The Labute approximate surface area is 78.8 Å². The zero-order valence-corrected chi connectivity index (χ0v) is 8.21. The van der Waals surface area contributed by atoms with Crippen molar-refractivity contribution < 1.29 is 14.3 Å². The van der Waals surface area contributed by atoms with Crippen LogP contribution < -0.4 is 0 Å². The fourth-order valence-electron chi connectivity index (χ4n) is 0.767. The van der Waals surface area contributed by atoms with Crippen LogP contribution in [0.2, 0.25) is 0 Å². The largest absolute Gasteiger partial charge is 0.463 e. The van der Waals surface area contributed by atoms with Gasteiger partial charge in [0.15, 0.2) is 0 Å². The summed E-state index contributed by atoms with van der Waals surface area (Å²) in [4.78, 5) is 21.7. The first-order valence-electron chi connectivity index (χ1n) is 4.39.